The fourth-order valence-corrected chi connectivity index (χ4v) is 2.36. The zero-order chi connectivity index (χ0) is 14.7. The standard InChI is InChI=1S/C13H18N2O5/c1-2-15(10-7-19-6-9(10)13(17)18)12(16)11-4-3-8(5-14)20-11/h3-4,9-10H,2,5-7,14H2,1H3,(H,17,18). The lowest BCUT2D eigenvalue weighted by Crippen LogP contribution is -2.46. The number of amides is 1. The molecule has 2 unspecified atom stereocenters. The quantitative estimate of drug-likeness (QED) is 0.804. The Hall–Kier alpha value is -1.86. The Morgan fingerprint density at radius 2 is 2.20 bits per heavy atom. The lowest BCUT2D eigenvalue weighted by molar-refractivity contribution is -0.142. The van der Waals surface area contributed by atoms with Crippen LogP contribution in [0.1, 0.15) is 23.2 Å². The van der Waals surface area contributed by atoms with Crippen LogP contribution in [0.4, 0.5) is 0 Å². The molecule has 0 spiro atoms. The van der Waals surface area contributed by atoms with Gasteiger partial charge in [-0.25, -0.2) is 0 Å². The summed E-state index contributed by atoms with van der Waals surface area (Å²) in [5.41, 5.74) is 5.44. The number of hydrogen-bond acceptors (Lipinski definition) is 5. The molecule has 1 amide bonds. The van der Waals surface area contributed by atoms with Gasteiger partial charge in [-0.2, -0.15) is 0 Å². The van der Waals surface area contributed by atoms with Crippen molar-refractivity contribution >= 4 is 11.9 Å². The molecular weight excluding hydrogens is 264 g/mol. The highest BCUT2D eigenvalue weighted by molar-refractivity contribution is 5.92. The third-order valence-corrected chi connectivity index (χ3v) is 3.44. The van der Waals surface area contributed by atoms with Gasteiger partial charge in [0.15, 0.2) is 5.76 Å². The third kappa shape index (κ3) is 2.68. The summed E-state index contributed by atoms with van der Waals surface area (Å²) in [6, 6.07) is 2.72. The van der Waals surface area contributed by atoms with Crippen molar-refractivity contribution in [2.75, 3.05) is 19.8 Å². The summed E-state index contributed by atoms with van der Waals surface area (Å²) in [4.78, 5) is 25.1. The Morgan fingerprint density at radius 3 is 2.75 bits per heavy atom. The highest BCUT2D eigenvalue weighted by Crippen LogP contribution is 2.22. The van der Waals surface area contributed by atoms with Gasteiger partial charge in [0.05, 0.1) is 25.8 Å². The number of nitrogens with zero attached hydrogens (tertiary/aromatic N) is 1. The Morgan fingerprint density at radius 1 is 1.45 bits per heavy atom. The number of aliphatic carboxylic acids is 1. The summed E-state index contributed by atoms with van der Waals surface area (Å²) < 4.78 is 10.5. The molecule has 1 aliphatic rings. The fourth-order valence-electron chi connectivity index (χ4n) is 2.36. The molecule has 0 aliphatic carbocycles. The van der Waals surface area contributed by atoms with E-state index in [1.54, 1.807) is 19.1 Å². The molecule has 1 fully saturated rings. The molecule has 0 aromatic carbocycles. The van der Waals surface area contributed by atoms with Crippen molar-refractivity contribution in [3.63, 3.8) is 0 Å². The van der Waals surface area contributed by atoms with Crippen LogP contribution < -0.4 is 5.73 Å². The van der Waals surface area contributed by atoms with Gasteiger partial charge < -0.3 is 24.9 Å². The summed E-state index contributed by atoms with van der Waals surface area (Å²) in [7, 11) is 0. The Bertz CT molecular complexity index is 499. The number of likely N-dealkylation sites (N-methyl/N-ethyl adjacent to an activating group) is 1. The molecule has 2 rings (SSSR count). The summed E-state index contributed by atoms with van der Waals surface area (Å²) in [6.07, 6.45) is 0. The number of carbonyl (C=O) groups is 2. The van der Waals surface area contributed by atoms with E-state index in [0.29, 0.717) is 12.3 Å². The van der Waals surface area contributed by atoms with E-state index < -0.39 is 17.9 Å². The van der Waals surface area contributed by atoms with Crippen molar-refractivity contribution in [3.8, 4) is 0 Å². The second-order valence-corrected chi connectivity index (χ2v) is 4.61. The van der Waals surface area contributed by atoms with Gasteiger partial charge in [-0.05, 0) is 19.1 Å². The van der Waals surface area contributed by atoms with Crippen LogP contribution in [0.5, 0.6) is 0 Å². The maximum absolute atomic E-state index is 12.4. The van der Waals surface area contributed by atoms with Crippen molar-refractivity contribution in [1.29, 1.82) is 0 Å². The zero-order valence-electron chi connectivity index (χ0n) is 11.2. The summed E-state index contributed by atoms with van der Waals surface area (Å²) in [5.74, 6) is -1.32. The molecule has 110 valence electrons. The summed E-state index contributed by atoms with van der Waals surface area (Å²) in [6.45, 7) is 2.73. The van der Waals surface area contributed by atoms with Crippen LogP contribution in [0.2, 0.25) is 0 Å². The molecule has 0 saturated carbocycles. The monoisotopic (exact) mass is 282 g/mol. The molecule has 1 saturated heterocycles. The summed E-state index contributed by atoms with van der Waals surface area (Å²) in [5, 5.41) is 9.16. The first-order valence-corrected chi connectivity index (χ1v) is 6.48. The first kappa shape index (κ1) is 14.5. The second kappa shape index (κ2) is 6.06. The van der Waals surface area contributed by atoms with Gasteiger partial charge in [-0.15, -0.1) is 0 Å². The van der Waals surface area contributed by atoms with Crippen LogP contribution in [0.3, 0.4) is 0 Å². The Balaban J connectivity index is 2.18. The predicted octanol–water partition coefficient (Wildman–Crippen LogP) is 0.300. The van der Waals surface area contributed by atoms with Crippen molar-refractivity contribution in [2.45, 2.75) is 19.5 Å². The van der Waals surface area contributed by atoms with Crippen LogP contribution in [0.15, 0.2) is 16.5 Å². The number of furan rings is 1. The van der Waals surface area contributed by atoms with Crippen LogP contribution in [0.25, 0.3) is 0 Å². The summed E-state index contributed by atoms with van der Waals surface area (Å²) >= 11 is 0. The minimum atomic E-state index is -0.958. The molecule has 7 heteroatoms. The van der Waals surface area contributed by atoms with E-state index >= 15 is 0 Å². The Labute approximate surface area is 116 Å². The largest absolute Gasteiger partial charge is 0.481 e. The SMILES string of the molecule is CCN(C(=O)c1ccc(CN)o1)C1COCC1C(=O)O. The lowest BCUT2D eigenvalue weighted by Gasteiger charge is -2.28. The van der Waals surface area contributed by atoms with Crippen LogP contribution in [-0.2, 0) is 16.1 Å². The molecule has 1 aromatic rings. The number of carboxylic acids is 1. The Kier molecular flexibility index (Phi) is 4.41. The zero-order valence-corrected chi connectivity index (χ0v) is 11.2. The van der Waals surface area contributed by atoms with Gasteiger partial charge in [-0.1, -0.05) is 0 Å². The van der Waals surface area contributed by atoms with Gasteiger partial charge in [-0.3, -0.25) is 9.59 Å². The number of carbonyl (C=O) groups excluding carboxylic acids is 1. The van der Waals surface area contributed by atoms with Gasteiger partial charge in [0.2, 0.25) is 0 Å². The van der Waals surface area contributed by atoms with E-state index in [9.17, 15) is 9.59 Å². The van der Waals surface area contributed by atoms with E-state index in [2.05, 4.69) is 0 Å². The minimum absolute atomic E-state index is 0.121. The second-order valence-electron chi connectivity index (χ2n) is 4.61. The van der Waals surface area contributed by atoms with E-state index in [1.807, 2.05) is 0 Å². The number of carboxylic acid groups (broad SMARTS) is 1. The average Bonchev–Trinajstić information content (AvgIpc) is 3.08. The first-order valence-electron chi connectivity index (χ1n) is 6.48. The maximum Gasteiger partial charge on any atom is 0.311 e. The molecule has 0 radical (unpaired) electrons. The average molecular weight is 282 g/mol. The van der Waals surface area contributed by atoms with Gasteiger partial charge >= 0.3 is 5.97 Å². The lowest BCUT2D eigenvalue weighted by atomic mass is 10.0. The molecule has 2 heterocycles. The highest BCUT2D eigenvalue weighted by Gasteiger charge is 2.40. The van der Waals surface area contributed by atoms with Crippen molar-refractivity contribution in [3.05, 3.63) is 23.7 Å². The molecular formula is C13H18N2O5. The minimum Gasteiger partial charge on any atom is -0.481 e. The normalized spacial score (nSPS) is 21.9. The molecule has 1 aliphatic heterocycles. The van der Waals surface area contributed by atoms with E-state index in [4.69, 9.17) is 20.0 Å². The molecule has 2 atom stereocenters. The molecule has 3 N–H and O–H groups in total. The van der Waals surface area contributed by atoms with Crippen molar-refractivity contribution in [1.82, 2.24) is 4.90 Å². The molecule has 1 aromatic heterocycles. The number of rotatable bonds is 5. The molecule has 20 heavy (non-hydrogen) atoms. The van der Waals surface area contributed by atoms with E-state index in [-0.39, 0.29) is 31.4 Å². The highest BCUT2D eigenvalue weighted by atomic mass is 16.5. The number of nitrogens with two attached hydrogens (primary N) is 1. The number of ether oxygens (including phenoxy) is 1. The fraction of sp³-hybridized carbons (Fsp3) is 0.538. The van der Waals surface area contributed by atoms with Gasteiger partial charge in [0.25, 0.3) is 5.91 Å². The first-order chi connectivity index (χ1) is 9.58. The topological polar surface area (TPSA) is 106 Å². The maximum atomic E-state index is 12.4. The van der Waals surface area contributed by atoms with Crippen molar-refractivity contribution < 1.29 is 23.8 Å². The van der Waals surface area contributed by atoms with Crippen molar-refractivity contribution in [2.24, 2.45) is 11.7 Å². The van der Waals surface area contributed by atoms with Gasteiger partial charge in [0.1, 0.15) is 11.7 Å². The predicted molar refractivity (Wildman–Crippen MR) is 69.0 cm³/mol. The van der Waals surface area contributed by atoms with E-state index in [0.717, 1.165) is 0 Å². The van der Waals surface area contributed by atoms with Gasteiger partial charge in [0, 0.05) is 6.54 Å². The molecule has 7 nitrogen and oxygen atoms in total. The number of hydrogen-bond donors (Lipinski definition) is 2. The third-order valence-electron chi connectivity index (χ3n) is 3.44. The van der Waals surface area contributed by atoms with Crippen LogP contribution >= 0.6 is 0 Å². The van der Waals surface area contributed by atoms with Crippen LogP contribution in [-0.4, -0.2) is 47.7 Å². The van der Waals surface area contributed by atoms with E-state index in [1.165, 1.54) is 4.90 Å². The van der Waals surface area contributed by atoms with Crippen LogP contribution in [0, 0.1) is 5.92 Å². The molecule has 0 bridgehead atoms. The smallest absolute Gasteiger partial charge is 0.311 e.